The molecule has 4 aromatic rings. The van der Waals surface area contributed by atoms with Gasteiger partial charge in [0.15, 0.2) is 0 Å². The van der Waals surface area contributed by atoms with Crippen LogP contribution in [0.5, 0.6) is 0 Å². The van der Waals surface area contributed by atoms with Gasteiger partial charge in [-0.2, -0.15) is 0 Å². The van der Waals surface area contributed by atoms with Gasteiger partial charge in [0, 0.05) is 23.8 Å². The first-order valence-corrected chi connectivity index (χ1v) is 8.46. The number of H-pyrrole nitrogens is 1. The molecule has 2 N–H and O–H groups in total. The van der Waals surface area contributed by atoms with Crippen LogP contribution in [-0.2, 0) is 6.54 Å². The van der Waals surface area contributed by atoms with Gasteiger partial charge in [0.25, 0.3) is 0 Å². The largest absolute Gasteiger partial charge is 0.357 e. The average molecular weight is 316 g/mol. The summed E-state index contributed by atoms with van der Waals surface area (Å²) < 4.78 is 0. The third kappa shape index (κ3) is 4.24. The number of benzene rings is 3. The van der Waals surface area contributed by atoms with Crippen molar-refractivity contribution in [2.24, 2.45) is 0 Å². The summed E-state index contributed by atoms with van der Waals surface area (Å²) in [5.74, 6) is 0. The predicted octanol–water partition coefficient (Wildman–Crippen LogP) is 5.51. The smallest absolute Gasteiger partial charge is 0.0456 e. The summed E-state index contributed by atoms with van der Waals surface area (Å²) in [6, 6.07) is 27.8. The van der Waals surface area contributed by atoms with Crippen LogP contribution in [0.4, 0.5) is 0 Å². The van der Waals surface area contributed by atoms with Crippen LogP contribution in [0.1, 0.15) is 19.5 Å². The minimum absolute atomic E-state index is 0.529. The first-order valence-electron chi connectivity index (χ1n) is 8.46. The van der Waals surface area contributed by atoms with E-state index < -0.39 is 0 Å². The zero-order valence-electron chi connectivity index (χ0n) is 14.3. The molecule has 0 aliphatic rings. The molecule has 2 heteroatoms. The molecule has 0 radical (unpaired) electrons. The van der Waals surface area contributed by atoms with Crippen LogP contribution in [-0.4, -0.2) is 11.0 Å². The van der Waals surface area contributed by atoms with Gasteiger partial charge < -0.3 is 10.3 Å². The van der Waals surface area contributed by atoms with Gasteiger partial charge in [-0.15, -0.1) is 0 Å². The number of fused-ring (bicyclic) bond motifs is 2. The molecule has 0 saturated carbocycles. The minimum atomic E-state index is 0.529. The second kappa shape index (κ2) is 7.80. The monoisotopic (exact) mass is 316 g/mol. The van der Waals surface area contributed by atoms with Gasteiger partial charge in [0.2, 0.25) is 0 Å². The lowest BCUT2D eigenvalue weighted by molar-refractivity contribution is 0.583. The van der Waals surface area contributed by atoms with Crippen LogP contribution in [0.25, 0.3) is 21.7 Å². The van der Waals surface area contributed by atoms with E-state index in [1.807, 2.05) is 0 Å². The van der Waals surface area contributed by atoms with Crippen LogP contribution in [0, 0.1) is 0 Å². The van der Waals surface area contributed by atoms with E-state index in [1.165, 1.54) is 27.4 Å². The highest BCUT2D eigenvalue weighted by Crippen LogP contribution is 2.14. The molecule has 3 aromatic carbocycles. The van der Waals surface area contributed by atoms with Gasteiger partial charge in [-0.3, -0.25) is 0 Å². The Hall–Kier alpha value is -2.58. The highest BCUT2D eigenvalue weighted by Gasteiger charge is 1.99. The topological polar surface area (TPSA) is 27.8 Å². The lowest BCUT2D eigenvalue weighted by atomic mass is 10.1. The molecule has 122 valence electrons. The predicted molar refractivity (Wildman–Crippen MR) is 104 cm³/mol. The van der Waals surface area contributed by atoms with Crippen molar-refractivity contribution in [3.63, 3.8) is 0 Å². The maximum Gasteiger partial charge on any atom is 0.0456 e. The standard InChI is InChI=1S/C12H16N2.C10H8/c1-9(2)13-8-11-7-10-5-3-4-6-12(10)14-11;1-2-6-10-8-4-3-7-9(10)5-1/h3-7,9,13-14H,8H2,1-2H3;1-8H. The fraction of sp³-hybridized carbons (Fsp3) is 0.182. The number of aromatic nitrogens is 1. The van der Waals surface area contributed by atoms with Crippen molar-refractivity contribution in [3.05, 3.63) is 84.6 Å². The Labute approximate surface area is 143 Å². The summed E-state index contributed by atoms with van der Waals surface area (Å²) in [6.45, 7) is 5.22. The normalized spacial score (nSPS) is 10.8. The van der Waals surface area contributed by atoms with E-state index in [9.17, 15) is 0 Å². The molecule has 2 nitrogen and oxygen atoms in total. The van der Waals surface area contributed by atoms with Crippen molar-refractivity contribution in [3.8, 4) is 0 Å². The maximum absolute atomic E-state index is 3.39. The maximum atomic E-state index is 3.39. The lowest BCUT2D eigenvalue weighted by Crippen LogP contribution is -2.21. The van der Waals surface area contributed by atoms with E-state index in [2.05, 4.69) is 103 Å². The molecule has 0 aliphatic carbocycles. The molecule has 4 rings (SSSR count). The molecule has 0 saturated heterocycles. The third-order valence-corrected chi connectivity index (χ3v) is 3.95. The van der Waals surface area contributed by atoms with Crippen molar-refractivity contribution >= 4 is 21.7 Å². The number of rotatable bonds is 3. The SMILES string of the molecule is CC(C)NCc1cc2ccccc2[nH]1.c1ccc2ccccc2c1. The summed E-state index contributed by atoms with van der Waals surface area (Å²) in [7, 11) is 0. The molecule has 0 unspecified atom stereocenters. The second-order valence-electron chi connectivity index (χ2n) is 6.26. The van der Waals surface area contributed by atoms with E-state index in [0.717, 1.165) is 6.54 Å². The minimum Gasteiger partial charge on any atom is -0.357 e. The Balaban J connectivity index is 0.000000149. The molecular weight excluding hydrogens is 292 g/mol. The van der Waals surface area contributed by atoms with Crippen molar-refractivity contribution < 1.29 is 0 Å². The van der Waals surface area contributed by atoms with Gasteiger partial charge in [-0.25, -0.2) is 0 Å². The fourth-order valence-corrected chi connectivity index (χ4v) is 2.68. The van der Waals surface area contributed by atoms with Crippen molar-refractivity contribution in [2.75, 3.05) is 0 Å². The van der Waals surface area contributed by atoms with Gasteiger partial charge in [-0.05, 0) is 28.3 Å². The molecule has 24 heavy (non-hydrogen) atoms. The molecule has 1 heterocycles. The molecule has 0 amide bonds. The van der Waals surface area contributed by atoms with Gasteiger partial charge in [0.05, 0.1) is 0 Å². The average Bonchev–Trinajstić information content (AvgIpc) is 3.04. The first-order chi connectivity index (χ1) is 11.7. The molecule has 0 bridgehead atoms. The third-order valence-electron chi connectivity index (χ3n) is 3.95. The molecule has 0 aliphatic heterocycles. The van der Waals surface area contributed by atoms with E-state index in [0.29, 0.717) is 6.04 Å². The number of hydrogen-bond donors (Lipinski definition) is 2. The zero-order valence-corrected chi connectivity index (χ0v) is 14.3. The van der Waals surface area contributed by atoms with Crippen LogP contribution < -0.4 is 5.32 Å². The summed E-state index contributed by atoms with van der Waals surface area (Å²) >= 11 is 0. The highest BCUT2D eigenvalue weighted by molar-refractivity contribution is 5.82. The first kappa shape index (κ1) is 16.3. The Bertz CT molecular complexity index is 807. The Morgan fingerprint density at radius 3 is 1.75 bits per heavy atom. The fourth-order valence-electron chi connectivity index (χ4n) is 2.68. The lowest BCUT2D eigenvalue weighted by Gasteiger charge is -2.05. The number of nitrogens with one attached hydrogen (secondary N) is 2. The van der Waals surface area contributed by atoms with E-state index >= 15 is 0 Å². The number of hydrogen-bond acceptors (Lipinski definition) is 1. The van der Waals surface area contributed by atoms with Gasteiger partial charge in [0.1, 0.15) is 0 Å². The van der Waals surface area contributed by atoms with E-state index in [4.69, 9.17) is 0 Å². The Kier molecular flexibility index (Phi) is 5.29. The number of para-hydroxylation sites is 1. The van der Waals surface area contributed by atoms with Crippen molar-refractivity contribution in [1.29, 1.82) is 0 Å². The molecule has 0 atom stereocenters. The summed E-state index contributed by atoms with van der Waals surface area (Å²) in [6.07, 6.45) is 0. The van der Waals surface area contributed by atoms with Crippen LogP contribution in [0.3, 0.4) is 0 Å². The van der Waals surface area contributed by atoms with Crippen LogP contribution in [0.2, 0.25) is 0 Å². The molecule has 1 aromatic heterocycles. The summed E-state index contributed by atoms with van der Waals surface area (Å²) in [4.78, 5) is 3.39. The van der Waals surface area contributed by atoms with E-state index in [-0.39, 0.29) is 0 Å². The van der Waals surface area contributed by atoms with Gasteiger partial charge >= 0.3 is 0 Å². The molecule has 0 fully saturated rings. The van der Waals surface area contributed by atoms with Crippen LogP contribution in [0.15, 0.2) is 78.9 Å². The van der Waals surface area contributed by atoms with Gasteiger partial charge in [-0.1, -0.05) is 80.6 Å². The van der Waals surface area contributed by atoms with E-state index in [1.54, 1.807) is 0 Å². The van der Waals surface area contributed by atoms with Crippen LogP contribution >= 0.6 is 0 Å². The Morgan fingerprint density at radius 1 is 0.750 bits per heavy atom. The van der Waals surface area contributed by atoms with Crippen molar-refractivity contribution in [1.82, 2.24) is 10.3 Å². The quantitative estimate of drug-likeness (QED) is 0.513. The second-order valence-corrected chi connectivity index (χ2v) is 6.26. The Morgan fingerprint density at radius 2 is 1.25 bits per heavy atom. The number of aromatic amines is 1. The molecule has 0 spiro atoms. The summed E-state index contributed by atoms with van der Waals surface area (Å²) in [5.41, 5.74) is 2.47. The summed E-state index contributed by atoms with van der Waals surface area (Å²) in [5, 5.41) is 7.30. The van der Waals surface area contributed by atoms with Crippen molar-refractivity contribution in [2.45, 2.75) is 26.4 Å². The molecular formula is C22H24N2. The highest BCUT2D eigenvalue weighted by atomic mass is 14.9. The zero-order chi connectivity index (χ0) is 16.8.